The predicted octanol–water partition coefficient (Wildman–Crippen LogP) is 2.05. The van der Waals surface area contributed by atoms with Crippen LogP contribution in [0, 0.1) is 11.8 Å². The van der Waals surface area contributed by atoms with Gasteiger partial charge < -0.3 is 15.4 Å². The number of nitrogens with zero attached hydrogens (tertiary/aromatic N) is 1. The summed E-state index contributed by atoms with van der Waals surface area (Å²) >= 11 is 0. The maximum absolute atomic E-state index is 6.24. The van der Waals surface area contributed by atoms with Crippen LogP contribution >= 0.6 is 0 Å². The Hall–Kier alpha value is -1.06. The van der Waals surface area contributed by atoms with Gasteiger partial charge >= 0.3 is 0 Å². The van der Waals surface area contributed by atoms with E-state index in [1.54, 1.807) is 0 Å². The predicted molar refractivity (Wildman–Crippen MR) is 78.4 cm³/mol. The van der Waals surface area contributed by atoms with E-state index in [1.807, 2.05) is 0 Å². The maximum atomic E-state index is 6.24. The Morgan fingerprint density at radius 1 is 1.37 bits per heavy atom. The van der Waals surface area contributed by atoms with Crippen molar-refractivity contribution in [3.05, 3.63) is 29.8 Å². The first-order chi connectivity index (χ1) is 9.24. The number of benzene rings is 1. The van der Waals surface area contributed by atoms with Crippen LogP contribution in [0.2, 0.25) is 0 Å². The topological polar surface area (TPSA) is 38.5 Å². The number of hydrogen-bond acceptors (Lipinski definition) is 3. The summed E-state index contributed by atoms with van der Waals surface area (Å²) in [5.74, 6) is 1.18. The first-order valence-corrected chi connectivity index (χ1v) is 7.40. The quantitative estimate of drug-likeness (QED) is 0.884. The van der Waals surface area contributed by atoms with Crippen molar-refractivity contribution in [2.45, 2.75) is 25.8 Å². The van der Waals surface area contributed by atoms with Crippen LogP contribution in [0.4, 0.5) is 5.69 Å². The molecule has 2 aliphatic rings. The third kappa shape index (κ3) is 2.77. The molecule has 3 unspecified atom stereocenters. The first kappa shape index (κ1) is 12.9. The van der Waals surface area contributed by atoms with E-state index in [0.29, 0.717) is 5.92 Å². The second-order valence-electron chi connectivity index (χ2n) is 6.13. The van der Waals surface area contributed by atoms with Gasteiger partial charge in [0.15, 0.2) is 0 Å². The fraction of sp³-hybridized carbons (Fsp3) is 0.625. The summed E-state index contributed by atoms with van der Waals surface area (Å²) in [4.78, 5) is 2.52. The van der Waals surface area contributed by atoms with Crippen molar-refractivity contribution in [2.75, 3.05) is 31.2 Å². The van der Waals surface area contributed by atoms with E-state index in [4.69, 9.17) is 10.5 Å². The van der Waals surface area contributed by atoms with Gasteiger partial charge in [0.1, 0.15) is 0 Å². The fourth-order valence-electron chi connectivity index (χ4n) is 3.36. The number of fused-ring (bicyclic) bond motifs is 1. The van der Waals surface area contributed by atoms with E-state index < -0.39 is 0 Å². The van der Waals surface area contributed by atoms with Gasteiger partial charge in [0.2, 0.25) is 0 Å². The summed E-state index contributed by atoms with van der Waals surface area (Å²) in [5, 5.41) is 0. The van der Waals surface area contributed by atoms with Crippen molar-refractivity contribution in [2.24, 2.45) is 17.6 Å². The van der Waals surface area contributed by atoms with Crippen molar-refractivity contribution in [1.82, 2.24) is 0 Å². The lowest BCUT2D eigenvalue weighted by molar-refractivity contribution is 0.0443. The summed E-state index contributed by atoms with van der Waals surface area (Å²) in [5.41, 5.74) is 9.12. The van der Waals surface area contributed by atoms with Gasteiger partial charge in [-0.25, -0.2) is 0 Å². The molecule has 1 fully saturated rings. The highest BCUT2D eigenvalue weighted by atomic mass is 16.5. The molecule has 3 heteroatoms. The average Bonchev–Trinajstić information content (AvgIpc) is 2.41. The zero-order valence-corrected chi connectivity index (χ0v) is 11.7. The molecule has 1 aromatic carbocycles. The highest BCUT2D eigenvalue weighted by Gasteiger charge is 2.28. The van der Waals surface area contributed by atoms with Crippen LogP contribution in [0.3, 0.4) is 0 Å². The largest absolute Gasteiger partial charge is 0.381 e. The molecule has 104 valence electrons. The normalized spacial score (nSPS) is 31.1. The Bertz CT molecular complexity index is 435. The molecule has 3 rings (SSSR count). The SMILES string of the molecule is CC1Cc2ccccc2N(CC2COCCC2N)C1. The fourth-order valence-corrected chi connectivity index (χ4v) is 3.36. The number of hydrogen-bond donors (Lipinski definition) is 1. The van der Waals surface area contributed by atoms with Crippen LogP contribution in [0.5, 0.6) is 0 Å². The van der Waals surface area contributed by atoms with E-state index in [1.165, 1.54) is 17.7 Å². The minimum Gasteiger partial charge on any atom is -0.381 e. The average molecular weight is 260 g/mol. The van der Waals surface area contributed by atoms with Crippen LogP contribution in [0.15, 0.2) is 24.3 Å². The van der Waals surface area contributed by atoms with Crippen LogP contribution in [-0.2, 0) is 11.2 Å². The Kier molecular flexibility index (Phi) is 3.76. The second-order valence-corrected chi connectivity index (χ2v) is 6.13. The van der Waals surface area contributed by atoms with E-state index in [2.05, 4.69) is 36.1 Å². The number of ether oxygens (including phenoxy) is 1. The van der Waals surface area contributed by atoms with Crippen molar-refractivity contribution < 1.29 is 4.74 Å². The Morgan fingerprint density at radius 2 is 2.21 bits per heavy atom. The molecule has 1 saturated heterocycles. The standard InChI is InChI=1S/C16H24N2O/c1-12-8-13-4-2-3-5-16(13)18(9-12)10-14-11-19-7-6-15(14)17/h2-5,12,14-15H,6-11,17H2,1H3. The van der Waals surface area contributed by atoms with E-state index >= 15 is 0 Å². The molecule has 2 heterocycles. The maximum Gasteiger partial charge on any atom is 0.0526 e. The molecular formula is C16H24N2O. The molecule has 19 heavy (non-hydrogen) atoms. The number of nitrogens with two attached hydrogens (primary N) is 1. The molecule has 2 aliphatic heterocycles. The van der Waals surface area contributed by atoms with Crippen LogP contribution in [0.25, 0.3) is 0 Å². The smallest absolute Gasteiger partial charge is 0.0526 e. The van der Waals surface area contributed by atoms with Gasteiger partial charge in [-0.1, -0.05) is 25.1 Å². The molecule has 0 spiro atoms. The summed E-state index contributed by atoms with van der Waals surface area (Å²) in [6.07, 6.45) is 2.19. The molecule has 0 saturated carbocycles. The number of anilines is 1. The zero-order valence-electron chi connectivity index (χ0n) is 11.7. The molecular weight excluding hydrogens is 236 g/mol. The molecule has 2 N–H and O–H groups in total. The monoisotopic (exact) mass is 260 g/mol. The zero-order chi connectivity index (χ0) is 13.2. The van der Waals surface area contributed by atoms with Gasteiger partial charge in [0.05, 0.1) is 6.61 Å². The molecule has 3 nitrogen and oxygen atoms in total. The Balaban J connectivity index is 1.77. The van der Waals surface area contributed by atoms with Gasteiger partial charge in [-0.05, 0) is 30.4 Å². The van der Waals surface area contributed by atoms with Gasteiger partial charge in [0, 0.05) is 37.3 Å². The lowest BCUT2D eigenvalue weighted by Crippen LogP contribution is -2.47. The molecule has 3 atom stereocenters. The second kappa shape index (κ2) is 5.51. The van der Waals surface area contributed by atoms with Crippen molar-refractivity contribution in [3.8, 4) is 0 Å². The molecule has 1 aromatic rings. The van der Waals surface area contributed by atoms with Crippen LogP contribution in [-0.4, -0.2) is 32.3 Å². The summed E-state index contributed by atoms with van der Waals surface area (Å²) in [6, 6.07) is 9.08. The van der Waals surface area contributed by atoms with Crippen molar-refractivity contribution >= 4 is 5.69 Å². The van der Waals surface area contributed by atoms with Gasteiger partial charge in [-0.2, -0.15) is 0 Å². The highest BCUT2D eigenvalue weighted by Crippen LogP contribution is 2.30. The summed E-state index contributed by atoms with van der Waals surface area (Å²) in [7, 11) is 0. The third-order valence-electron chi connectivity index (χ3n) is 4.42. The lowest BCUT2D eigenvalue weighted by Gasteiger charge is -2.39. The molecule has 0 amide bonds. The molecule has 0 aromatic heterocycles. The molecule has 0 aliphatic carbocycles. The van der Waals surface area contributed by atoms with Crippen LogP contribution < -0.4 is 10.6 Å². The first-order valence-electron chi connectivity index (χ1n) is 7.40. The van der Waals surface area contributed by atoms with Gasteiger partial charge in [0.25, 0.3) is 0 Å². The van der Waals surface area contributed by atoms with Crippen molar-refractivity contribution in [3.63, 3.8) is 0 Å². The van der Waals surface area contributed by atoms with E-state index in [-0.39, 0.29) is 6.04 Å². The number of rotatable bonds is 2. The van der Waals surface area contributed by atoms with Gasteiger partial charge in [-0.3, -0.25) is 0 Å². The van der Waals surface area contributed by atoms with E-state index in [0.717, 1.165) is 38.6 Å². The Labute approximate surface area is 115 Å². The summed E-state index contributed by atoms with van der Waals surface area (Å²) in [6.45, 7) is 6.14. The lowest BCUT2D eigenvalue weighted by atomic mass is 9.91. The van der Waals surface area contributed by atoms with Crippen molar-refractivity contribution in [1.29, 1.82) is 0 Å². The number of para-hydroxylation sites is 1. The molecule has 0 radical (unpaired) electrons. The minimum absolute atomic E-state index is 0.290. The van der Waals surface area contributed by atoms with E-state index in [9.17, 15) is 0 Å². The van der Waals surface area contributed by atoms with Gasteiger partial charge in [-0.15, -0.1) is 0 Å². The minimum atomic E-state index is 0.290. The van der Waals surface area contributed by atoms with Crippen LogP contribution in [0.1, 0.15) is 18.9 Å². The Morgan fingerprint density at radius 3 is 3.05 bits per heavy atom. The molecule has 0 bridgehead atoms. The summed E-state index contributed by atoms with van der Waals surface area (Å²) < 4.78 is 5.60. The third-order valence-corrected chi connectivity index (χ3v) is 4.42. The highest BCUT2D eigenvalue weighted by molar-refractivity contribution is 5.55.